The number of hydrogen-bond acceptors (Lipinski definition) is 3. The van der Waals surface area contributed by atoms with Crippen molar-refractivity contribution in [2.75, 3.05) is 0 Å². The van der Waals surface area contributed by atoms with Crippen molar-refractivity contribution in [2.24, 2.45) is 0 Å². The molecular formula is C5H9O4P. The van der Waals surface area contributed by atoms with Gasteiger partial charge in [-0.1, -0.05) is 13.3 Å². The fourth-order valence-corrected chi connectivity index (χ4v) is 1.24. The quantitative estimate of drug-likeness (QED) is 0.637. The fraction of sp³-hybridized carbons (Fsp3) is 0.800. The molecule has 58 valence electrons. The highest BCUT2D eigenvalue weighted by molar-refractivity contribution is 7.33. The van der Waals surface area contributed by atoms with Crippen LogP contribution in [0.1, 0.15) is 19.8 Å². The molecule has 0 aromatic heterocycles. The highest BCUT2D eigenvalue weighted by Crippen LogP contribution is 2.19. The molecule has 0 bridgehead atoms. The maximum absolute atomic E-state index is 10.2. The molecule has 4 nitrogen and oxygen atoms in total. The van der Waals surface area contributed by atoms with Crippen molar-refractivity contribution in [2.45, 2.75) is 25.4 Å². The van der Waals surface area contributed by atoms with Gasteiger partial charge >= 0.3 is 13.6 Å². The van der Waals surface area contributed by atoms with E-state index < -0.39 is 19.3 Å². The molecule has 10 heavy (non-hydrogen) atoms. The van der Waals surface area contributed by atoms with Crippen LogP contribution in [-0.2, 0) is 13.9 Å². The molecular weight excluding hydrogens is 155 g/mol. The number of carbonyl (C=O) groups is 1. The van der Waals surface area contributed by atoms with Crippen LogP contribution < -0.4 is 0 Å². The van der Waals surface area contributed by atoms with Crippen LogP contribution in [0.3, 0.4) is 0 Å². The molecule has 5 heteroatoms. The number of aliphatic carboxylic acids is 1. The lowest BCUT2D eigenvalue weighted by molar-refractivity contribution is -0.136. The smallest absolute Gasteiger partial charge is 0.330 e. The molecule has 1 atom stereocenters. The zero-order chi connectivity index (χ0) is 8.15. The van der Waals surface area contributed by atoms with Crippen molar-refractivity contribution in [3.63, 3.8) is 0 Å². The molecule has 0 amide bonds. The van der Waals surface area contributed by atoms with Gasteiger partial charge in [0.1, 0.15) is 0 Å². The van der Waals surface area contributed by atoms with Gasteiger partial charge < -0.3 is 5.11 Å². The van der Waals surface area contributed by atoms with E-state index in [2.05, 4.69) is 0 Å². The van der Waals surface area contributed by atoms with Crippen LogP contribution in [0.2, 0.25) is 0 Å². The van der Waals surface area contributed by atoms with Crippen LogP contribution in [0.5, 0.6) is 0 Å². The number of carboxylic acid groups (broad SMARTS) is 1. The summed E-state index contributed by atoms with van der Waals surface area (Å²) >= 11 is 0. The maximum Gasteiger partial charge on any atom is 0.330 e. The molecule has 0 heterocycles. The van der Waals surface area contributed by atoms with Crippen molar-refractivity contribution in [1.82, 2.24) is 0 Å². The Balaban J connectivity index is 4.12. The zero-order valence-corrected chi connectivity index (χ0v) is 6.51. The van der Waals surface area contributed by atoms with Crippen molar-refractivity contribution >= 4 is 13.6 Å². The van der Waals surface area contributed by atoms with Gasteiger partial charge in [0.15, 0.2) is 5.66 Å². The summed E-state index contributed by atoms with van der Waals surface area (Å²) in [5, 5.41) is 8.29. The largest absolute Gasteiger partial charge is 0.480 e. The summed E-state index contributed by atoms with van der Waals surface area (Å²) in [6.45, 7) is 1.74. The topological polar surface area (TPSA) is 71.4 Å². The maximum atomic E-state index is 10.2. The Morgan fingerprint density at radius 1 is 1.60 bits per heavy atom. The van der Waals surface area contributed by atoms with Gasteiger partial charge in [-0.15, -0.1) is 0 Å². The van der Waals surface area contributed by atoms with Crippen LogP contribution in [0.25, 0.3) is 0 Å². The van der Waals surface area contributed by atoms with E-state index in [4.69, 9.17) is 5.11 Å². The monoisotopic (exact) mass is 164 g/mol. The predicted octanol–water partition coefficient (Wildman–Crippen LogP) is 1.41. The number of rotatable bonds is 4. The van der Waals surface area contributed by atoms with E-state index in [0.717, 1.165) is 0 Å². The van der Waals surface area contributed by atoms with Crippen LogP contribution in [0.4, 0.5) is 0 Å². The van der Waals surface area contributed by atoms with Gasteiger partial charge in [0.25, 0.3) is 0 Å². The second kappa shape index (κ2) is 4.23. The summed E-state index contributed by atoms with van der Waals surface area (Å²) in [5.41, 5.74) is -1.19. The standard InChI is InChI=1S/C5H9O4P/c1-2-3-4(5(6)7)10(8)9/h4H,2-3H2,1H3,(H,6,7). The fourth-order valence-electron chi connectivity index (χ4n) is 0.592. The summed E-state index contributed by atoms with van der Waals surface area (Å²) in [7, 11) is -2.81. The normalized spacial score (nSPS) is 12.5. The lowest BCUT2D eigenvalue weighted by Gasteiger charge is -1.97. The van der Waals surface area contributed by atoms with E-state index in [1.165, 1.54) is 0 Å². The molecule has 0 radical (unpaired) electrons. The molecule has 0 saturated heterocycles. The van der Waals surface area contributed by atoms with E-state index in [9.17, 15) is 13.9 Å². The highest BCUT2D eigenvalue weighted by Gasteiger charge is 2.21. The molecule has 0 rings (SSSR count). The second-order valence-electron chi connectivity index (χ2n) is 1.93. The Bertz CT molecular complexity index is 176. The van der Waals surface area contributed by atoms with Gasteiger partial charge in [0.2, 0.25) is 0 Å². The first kappa shape index (κ1) is 9.37. The third kappa shape index (κ3) is 2.78. The van der Waals surface area contributed by atoms with Crippen LogP contribution in [-0.4, -0.2) is 16.7 Å². The summed E-state index contributed by atoms with van der Waals surface area (Å²) in [4.78, 5) is 10.1. The Morgan fingerprint density at radius 3 is 2.20 bits per heavy atom. The van der Waals surface area contributed by atoms with Crippen molar-refractivity contribution in [3.8, 4) is 0 Å². The first-order chi connectivity index (χ1) is 4.59. The van der Waals surface area contributed by atoms with E-state index >= 15 is 0 Å². The van der Waals surface area contributed by atoms with Crippen molar-refractivity contribution in [1.29, 1.82) is 0 Å². The van der Waals surface area contributed by atoms with Gasteiger partial charge in [-0.25, -0.2) is 9.13 Å². The SMILES string of the molecule is CCCC(C(=O)O)P(=O)=O. The minimum absolute atomic E-state index is 0.202. The predicted molar refractivity (Wildman–Crippen MR) is 34.6 cm³/mol. The Hall–Kier alpha value is -0.630. The van der Waals surface area contributed by atoms with Gasteiger partial charge in [-0.2, -0.15) is 0 Å². The van der Waals surface area contributed by atoms with Gasteiger partial charge in [0.05, 0.1) is 0 Å². The Morgan fingerprint density at radius 2 is 2.10 bits per heavy atom. The first-order valence-electron chi connectivity index (χ1n) is 2.96. The third-order valence-corrected chi connectivity index (χ3v) is 2.09. The van der Waals surface area contributed by atoms with E-state index in [1.54, 1.807) is 6.92 Å². The summed E-state index contributed by atoms with van der Waals surface area (Å²) in [6.07, 6.45) is 0.772. The molecule has 0 aliphatic carbocycles. The second-order valence-corrected chi connectivity index (χ2v) is 3.12. The van der Waals surface area contributed by atoms with Crippen molar-refractivity contribution < 1.29 is 19.0 Å². The lowest BCUT2D eigenvalue weighted by Crippen LogP contribution is -2.13. The Labute approximate surface area is 59.1 Å². The Kier molecular flexibility index (Phi) is 3.96. The average molecular weight is 164 g/mol. The molecule has 0 spiro atoms. The molecule has 1 N–H and O–H groups in total. The molecule has 0 aliphatic heterocycles. The van der Waals surface area contributed by atoms with Crippen LogP contribution >= 0.6 is 7.68 Å². The molecule has 0 saturated carbocycles. The van der Waals surface area contributed by atoms with Crippen LogP contribution in [0.15, 0.2) is 0 Å². The van der Waals surface area contributed by atoms with Gasteiger partial charge in [0, 0.05) is 0 Å². The average Bonchev–Trinajstić information content (AvgIpc) is 1.81. The van der Waals surface area contributed by atoms with E-state index in [1.807, 2.05) is 0 Å². The zero-order valence-electron chi connectivity index (χ0n) is 5.61. The molecule has 1 unspecified atom stereocenters. The highest BCUT2D eigenvalue weighted by atomic mass is 31.1. The summed E-state index contributed by atoms with van der Waals surface area (Å²) < 4.78 is 20.4. The summed E-state index contributed by atoms with van der Waals surface area (Å²) in [5.74, 6) is -1.25. The van der Waals surface area contributed by atoms with Gasteiger partial charge in [-0.05, 0) is 6.42 Å². The minimum Gasteiger partial charge on any atom is -0.480 e. The van der Waals surface area contributed by atoms with Crippen LogP contribution in [0, 0.1) is 0 Å². The molecule has 0 aliphatic rings. The van der Waals surface area contributed by atoms with Crippen molar-refractivity contribution in [3.05, 3.63) is 0 Å². The molecule has 0 fully saturated rings. The number of hydrogen-bond donors (Lipinski definition) is 1. The molecule has 0 aromatic carbocycles. The summed E-state index contributed by atoms with van der Waals surface area (Å²) in [6, 6.07) is 0. The first-order valence-corrected chi connectivity index (χ1v) is 4.20. The van der Waals surface area contributed by atoms with Gasteiger partial charge in [-0.3, -0.25) is 4.79 Å². The van der Waals surface area contributed by atoms with E-state index in [-0.39, 0.29) is 6.42 Å². The lowest BCUT2D eigenvalue weighted by atomic mass is 10.2. The number of carboxylic acids is 1. The van der Waals surface area contributed by atoms with E-state index in [0.29, 0.717) is 6.42 Å². The third-order valence-electron chi connectivity index (χ3n) is 1.10. The minimum atomic E-state index is -2.81. The molecule has 0 aromatic rings.